The summed E-state index contributed by atoms with van der Waals surface area (Å²) in [7, 11) is 0. The SMILES string of the molecule is CCNc1ccc(C(=O)NCC2CC2C)c(C)c1. The summed E-state index contributed by atoms with van der Waals surface area (Å²) in [6.07, 6.45) is 1.25. The highest BCUT2D eigenvalue weighted by Crippen LogP contribution is 2.36. The number of aryl methyl sites for hydroxylation is 1. The quantitative estimate of drug-likeness (QED) is 0.838. The van der Waals surface area contributed by atoms with E-state index in [9.17, 15) is 4.79 Å². The Morgan fingerprint density at radius 3 is 2.72 bits per heavy atom. The van der Waals surface area contributed by atoms with E-state index in [1.165, 1.54) is 6.42 Å². The monoisotopic (exact) mass is 246 g/mol. The molecule has 2 rings (SSSR count). The highest BCUT2D eigenvalue weighted by molar-refractivity contribution is 5.96. The summed E-state index contributed by atoms with van der Waals surface area (Å²) in [6, 6.07) is 5.89. The number of nitrogens with one attached hydrogen (secondary N) is 2. The molecule has 18 heavy (non-hydrogen) atoms. The van der Waals surface area contributed by atoms with Gasteiger partial charge in [0, 0.05) is 24.3 Å². The van der Waals surface area contributed by atoms with Crippen molar-refractivity contribution >= 4 is 11.6 Å². The topological polar surface area (TPSA) is 41.1 Å². The van der Waals surface area contributed by atoms with E-state index in [1.807, 2.05) is 25.1 Å². The van der Waals surface area contributed by atoms with Crippen LogP contribution >= 0.6 is 0 Å². The van der Waals surface area contributed by atoms with Crippen molar-refractivity contribution in [3.8, 4) is 0 Å². The van der Waals surface area contributed by atoms with E-state index < -0.39 is 0 Å². The van der Waals surface area contributed by atoms with Crippen molar-refractivity contribution in [2.24, 2.45) is 11.8 Å². The van der Waals surface area contributed by atoms with E-state index in [0.29, 0.717) is 5.92 Å². The van der Waals surface area contributed by atoms with Gasteiger partial charge in [0.2, 0.25) is 0 Å². The minimum absolute atomic E-state index is 0.0506. The molecule has 2 N–H and O–H groups in total. The number of benzene rings is 1. The Kier molecular flexibility index (Phi) is 3.90. The normalized spacial score (nSPS) is 21.5. The van der Waals surface area contributed by atoms with Crippen LogP contribution < -0.4 is 10.6 Å². The second-order valence-corrected chi connectivity index (χ2v) is 5.24. The van der Waals surface area contributed by atoms with Gasteiger partial charge in [-0.15, -0.1) is 0 Å². The van der Waals surface area contributed by atoms with Crippen molar-refractivity contribution in [3.63, 3.8) is 0 Å². The smallest absolute Gasteiger partial charge is 0.251 e. The third-order valence-corrected chi connectivity index (χ3v) is 3.65. The Hall–Kier alpha value is -1.51. The van der Waals surface area contributed by atoms with Crippen LogP contribution in [0.1, 0.15) is 36.2 Å². The minimum Gasteiger partial charge on any atom is -0.385 e. The third kappa shape index (κ3) is 3.03. The molecule has 0 aromatic heterocycles. The van der Waals surface area contributed by atoms with Crippen molar-refractivity contribution in [1.82, 2.24) is 5.32 Å². The summed E-state index contributed by atoms with van der Waals surface area (Å²) in [5.41, 5.74) is 2.88. The summed E-state index contributed by atoms with van der Waals surface area (Å²) in [5.74, 6) is 1.52. The van der Waals surface area contributed by atoms with Gasteiger partial charge in [0.25, 0.3) is 5.91 Å². The van der Waals surface area contributed by atoms with Crippen LogP contribution in [0.2, 0.25) is 0 Å². The van der Waals surface area contributed by atoms with Crippen LogP contribution in [-0.2, 0) is 0 Å². The molecule has 1 aliphatic rings. The molecule has 0 spiro atoms. The summed E-state index contributed by atoms with van der Waals surface area (Å²) < 4.78 is 0. The van der Waals surface area contributed by atoms with Crippen molar-refractivity contribution < 1.29 is 4.79 Å². The van der Waals surface area contributed by atoms with Crippen LogP contribution in [0.15, 0.2) is 18.2 Å². The van der Waals surface area contributed by atoms with Crippen LogP contribution in [0.3, 0.4) is 0 Å². The molecular formula is C15H22N2O. The van der Waals surface area contributed by atoms with Gasteiger partial charge in [-0.2, -0.15) is 0 Å². The molecule has 1 fully saturated rings. The highest BCUT2D eigenvalue weighted by atomic mass is 16.1. The largest absolute Gasteiger partial charge is 0.385 e. The maximum atomic E-state index is 12.0. The van der Waals surface area contributed by atoms with E-state index in [2.05, 4.69) is 24.5 Å². The lowest BCUT2D eigenvalue weighted by molar-refractivity contribution is 0.0951. The predicted octanol–water partition coefficient (Wildman–Crippen LogP) is 2.81. The standard InChI is InChI=1S/C15H22N2O/c1-4-16-13-5-6-14(11(3)8-13)15(18)17-9-12-7-10(12)2/h5-6,8,10,12,16H,4,7,9H2,1-3H3,(H,17,18). The Morgan fingerprint density at radius 1 is 1.44 bits per heavy atom. The molecule has 3 nitrogen and oxygen atoms in total. The van der Waals surface area contributed by atoms with E-state index in [-0.39, 0.29) is 5.91 Å². The van der Waals surface area contributed by atoms with Crippen molar-refractivity contribution in [3.05, 3.63) is 29.3 Å². The van der Waals surface area contributed by atoms with E-state index in [1.54, 1.807) is 0 Å². The number of anilines is 1. The first-order chi connectivity index (χ1) is 8.61. The van der Waals surface area contributed by atoms with E-state index in [4.69, 9.17) is 0 Å². The van der Waals surface area contributed by atoms with Gasteiger partial charge in [-0.05, 0) is 55.9 Å². The van der Waals surface area contributed by atoms with Gasteiger partial charge in [0.05, 0.1) is 0 Å². The van der Waals surface area contributed by atoms with Gasteiger partial charge < -0.3 is 10.6 Å². The van der Waals surface area contributed by atoms with Crippen molar-refractivity contribution in [1.29, 1.82) is 0 Å². The number of hydrogen-bond donors (Lipinski definition) is 2. The van der Waals surface area contributed by atoms with Crippen molar-refractivity contribution in [2.45, 2.75) is 27.2 Å². The minimum atomic E-state index is 0.0506. The maximum absolute atomic E-state index is 12.0. The molecule has 2 atom stereocenters. The second-order valence-electron chi connectivity index (χ2n) is 5.24. The molecule has 1 aliphatic carbocycles. The zero-order valence-corrected chi connectivity index (χ0v) is 11.4. The summed E-state index contributed by atoms with van der Waals surface area (Å²) in [5, 5.41) is 6.27. The molecule has 1 saturated carbocycles. The molecule has 1 aromatic carbocycles. The average Bonchev–Trinajstić information content (AvgIpc) is 3.03. The van der Waals surface area contributed by atoms with Gasteiger partial charge in [0.15, 0.2) is 0 Å². The summed E-state index contributed by atoms with van der Waals surface area (Å²) in [4.78, 5) is 12.0. The van der Waals surface area contributed by atoms with Gasteiger partial charge in [-0.25, -0.2) is 0 Å². The lowest BCUT2D eigenvalue weighted by Gasteiger charge is -2.10. The van der Waals surface area contributed by atoms with Crippen LogP contribution in [-0.4, -0.2) is 19.0 Å². The van der Waals surface area contributed by atoms with E-state index >= 15 is 0 Å². The molecular weight excluding hydrogens is 224 g/mol. The van der Waals surface area contributed by atoms with Crippen LogP contribution in [0.5, 0.6) is 0 Å². The number of hydrogen-bond acceptors (Lipinski definition) is 2. The Morgan fingerprint density at radius 2 is 2.17 bits per heavy atom. The first kappa shape index (κ1) is 12.9. The van der Waals surface area contributed by atoms with Crippen molar-refractivity contribution in [2.75, 3.05) is 18.4 Å². The fraction of sp³-hybridized carbons (Fsp3) is 0.533. The lowest BCUT2D eigenvalue weighted by Crippen LogP contribution is -2.26. The number of amides is 1. The lowest BCUT2D eigenvalue weighted by atomic mass is 10.1. The fourth-order valence-corrected chi connectivity index (χ4v) is 2.24. The van der Waals surface area contributed by atoms with Gasteiger partial charge >= 0.3 is 0 Å². The Bertz CT molecular complexity index is 442. The first-order valence-corrected chi connectivity index (χ1v) is 6.74. The molecule has 0 heterocycles. The fourth-order valence-electron chi connectivity index (χ4n) is 2.24. The molecule has 0 saturated heterocycles. The Labute approximate surface area is 109 Å². The molecule has 0 bridgehead atoms. The summed E-state index contributed by atoms with van der Waals surface area (Å²) in [6.45, 7) is 7.98. The van der Waals surface area contributed by atoms with Gasteiger partial charge in [0.1, 0.15) is 0 Å². The molecule has 0 radical (unpaired) electrons. The molecule has 3 heteroatoms. The zero-order chi connectivity index (χ0) is 13.1. The second kappa shape index (κ2) is 5.42. The highest BCUT2D eigenvalue weighted by Gasteiger charge is 2.32. The first-order valence-electron chi connectivity index (χ1n) is 6.74. The molecule has 1 amide bonds. The maximum Gasteiger partial charge on any atom is 0.251 e. The van der Waals surface area contributed by atoms with Crippen LogP contribution in [0.4, 0.5) is 5.69 Å². The summed E-state index contributed by atoms with van der Waals surface area (Å²) >= 11 is 0. The van der Waals surface area contributed by atoms with Crippen LogP contribution in [0.25, 0.3) is 0 Å². The van der Waals surface area contributed by atoms with Gasteiger partial charge in [-0.1, -0.05) is 6.92 Å². The Balaban J connectivity index is 1.96. The molecule has 2 unspecified atom stereocenters. The predicted molar refractivity (Wildman–Crippen MR) is 74.9 cm³/mol. The zero-order valence-electron chi connectivity index (χ0n) is 11.4. The molecule has 98 valence electrons. The van der Waals surface area contributed by atoms with Crippen LogP contribution in [0, 0.1) is 18.8 Å². The number of rotatable bonds is 5. The van der Waals surface area contributed by atoms with Gasteiger partial charge in [-0.3, -0.25) is 4.79 Å². The molecule has 0 aliphatic heterocycles. The average molecular weight is 246 g/mol. The van der Waals surface area contributed by atoms with E-state index in [0.717, 1.165) is 35.8 Å². The number of carbonyl (C=O) groups excluding carboxylic acids is 1. The molecule has 1 aromatic rings. The number of carbonyl (C=O) groups is 1. The third-order valence-electron chi connectivity index (χ3n) is 3.65.